The van der Waals surface area contributed by atoms with Gasteiger partial charge < -0.3 is 14.4 Å². The number of carbonyl (C=O) groups is 1. The number of piperazine rings is 1. The lowest BCUT2D eigenvalue weighted by molar-refractivity contribution is 0.0610. The highest BCUT2D eigenvalue weighted by atomic mass is 16.5. The Morgan fingerprint density at radius 2 is 1.83 bits per heavy atom. The fraction of sp³-hybridized carbons (Fsp3) is 0.261. The van der Waals surface area contributed by atoms with E-state index < -0.39 is 0 Å². The van der Waals surface area contributed by atoms with Crippen LogP contribution in [-0.2, 0) is 6.54 Å². The second-order valence-corrected chi connectivity index (χ2v) is 7.72. The number of amides is 1. The van der Waals surface area contributed by atoms with Crippen LogP contribution >= 0.6 is 0 Å². The van der Waals surface area contributed by atoms with Crippen LogP contribution in [0.15, 0.2) is 59.1 Å². The molecule has 5 rings (SSSR count). The van der Waals surface area contributed by atoms with Gasteiger partial charge in [0.2, 0.25) is 11.7 Å². The number of hydrogen-bond donors (Lipinski definition) is 1. The largest absolute Gasteiger partial charge is 0.351 e. The van der Waals surface area contributed by atoms with Gasteiger partial charge in [0, 0.05) is 42.6 Å². The van der Waals surface area contributed by atoms with E-state index in [9.17, 15) is 4.79 Å². The first-order valence-electron chi connectivity index (χ1n) is 10.1. The van der Waals surface area contributed by atoms with Crippen molar-refractivity contribution < 1.29 is 9.32 Å². The third kappa shape index (κ3) is 3.71. The number of nitrogens with one attached hydrogen (secondary N) is 1. The quantitative estimate of drug-likeness (QED) is 0.566. The Balaban J connectivity index is 1.19. The number of aromatic nitrogens is 3. The summed E-state index contributed by atoms with van der Waals surface area (Å²) in [5.74, 6) is 1.25. The normalized spacial score (nSPS) is 15.0. The summed E-state index contributed by atoms with van der Waals surface area (Å²) < 4.78 is 5.44. The van der Waals surface area contributed by atoms with Crippen LogP contribution in [0.2, 0.25) is 0 Å². The van der Waals surface area contributed by atoms with Crippen LogP contribution in [0, 0.1) is 6.92 Å². The van der Waals surface area contributed by atoms with Gasteiger partial charge in [-0.25, -0.2) is 0 Å². The number of para-hydroxylation sites is 1. The summed E-state index contributed by atoms with van der Waals surface area (Å²) >= 11 is 0. The molecule has 4 aromatic rings. The van der Waals surface area contributed by atoms with Gasteiger partial charge in [-0.3, -0.25) is 9.69 Å². The minimum atomic E-state index is 0.0466. The van der Waals surface area contributed by atoms with E-state index in [1.54, 1.807) is 0 Å². The number of aryl methyl sites for hydroxylation is 1. The van der Waals surface area contributed by atoms with E-state index >= 15 is 0 Å². The molecule has 1 fully saturated rings. The summed E-state index contributed by atoms with van der Waals surface area (Å²) in [6.07, 6.45) is 0. The molecule has 7 heteroatoms. The topological polar surface area (TPSA) is 78.3 Å². The van der Waals surface area contributed by atoms with Crippen LogP contribution in [0.5, 0.6) is 0 Å². The zero-order valence-electron chi connectivity index (χ0n) is 16.8. The van der Waals surface area contributed by atoms with E-state index in [1.165, 1.54) is 5.56 Å². The van der Waals surface area contributed by atoms with E-state index in [0.717, 1.165) is 29.6 Å². The summed E-state index contributed by atoms with van der Waals surface area (Å²) in [5.41, 5.74) is 3.77. The average Bonchev–Trinajstić information content (AvgIpc) is 3.41. The second-order valence-electron chi connectivity index (χ2n) is 7.72. The fourth-order valence-corrected chi connectivity index (χ4v) is 3.80. The fourth-order valence-electron chi connectivity index (χ4n) is 3.80. The molecule has 0 aliphatic carbocycles. The molecule has 0 bridgehead atoms. The van der Waals surface area contributed by atoms with Crippen molar-refractivity contribution in [2.24, 2.45) is 0 Å². The Kier molecular flexibility index (Phi) is 4.80. The number of benzene rings is 2. The molecule has 1 saturated heterocycles. The van der Waals surface area contributed by atoms with Crippen molar-refractivity contribution in [2.45, 2.75) is 13.5 Å². The molecule has 1 aliphatic heterocycles. The van der Waals surface area contributed by atoms with Gasteiger partial charge in [-0.1, -0.05) is 53.2 Å². The van der Waals surface area contributed by atoms with Gasteiger partial charge in [0.25, 0.3) is 5.91 Å². The van der Waals surface area contributed by atoms with Crippen molar-refractivity contribution in [1.29, 1.82) is 0 Å². The number of carbonyl (C=O) groups excluding carboxylic acids is 1. The van der Waals surface area contributed by atoms with Gasteiger partial charge in [0.05, 0.1) is 6.54 Å². The predicted molar refractivity (Wildman–Crippen MR) is 114 cm³/mol. The van der Waals surface area contributed by atoms with Gasteiger partial charge in [0.15, 0.2) is 0 Å². The number of fused-ring (bicyclic) bond motifs is 1. The third-order valence-corrected chi connectivity index (χ3v) is 5.56. The molecule has 3 heterocycles. The number of hydrogen-bond acceptors (Lipinski definition) is 5. The Labute approximate surface area is 174 Å². The van der Waals surface area contributed by atoms with E-state index in [-0.39, 0.29) is 5.91 Å². The summed E-state index contributed by atoms with van der Waals surface area (Å²) in [6.45, 7) is 5.53. The molecule has 2 aromatic carbocycles. The molecule has 7 nitrogen and oxygen atoms in total. The smallest absolute Gasteiger partial charge is 0.270 e. The van der Waals surface area contributed by atoms with Crippen LogP contribution in [-0.4, -0.2) is 57.0 Å². The van der Waals surface area contributed by atoms with Crippen molar-refractivity contribution in [2.75, 3.05) is 26.2 Å². The summed E-state index contributed by atoms with van der Waals surface area (Å²) in [6, 6.07) is 17.9. The minimum Gasteiger partial charge on any atom is -0.351 e. The molecule has 152 valence electrons. The number of aromatic amines is 1. The van der Waals surface area contributed by atoms with E-state index in [0.29, 0.717) is 37.0 Å². The van der Waals surface area contributed by atoms with Crippen molar-refractivity contribution in [3.63, 3.8) is 0 Å². The number of nitrogens with zero attached hydrogens (tertiary/aromatic N) is 4. The Morgan fingerprint density at radius 3 is 2.60 bits per heavy atom. The van der Waals surface area contributed by atoms with Crippen LogP contribution in [0.3, 0.4) is 0 Å². The molecular formula is C23H23N5O2. The lowest BCUT2D eigenvalue weighted by atomic mass is 10.1. The third-order valence-electron chi connectivity index (χ3n) is 5.56. The van der Waals surface area contributed by atoms with Crippen molar-refractivity contribution in [1.82, 2.24) is 24.9 Å². The molecule has 1 N–H and O–H groups in total. The highest BCUT2D eigenvalue weighted by Crippen LogP contribution is 2.19. The maximum atomic E-state index is 12.9. The van der Waals surface area contributed by atoms with Gasteiger partial charge in [-0.05, 0) is 19.1 Å². The van der Waals surface area contributed by atoms with Gasteiger partial charge in [-0.15, -0.1) is 0 Å². The SMILES string of the molecule is Cc1ccc(-c2noc(CN3CCN(C(=O)c4cc5ccccc5[nH]4)CC3)n2)cc1. The lowest BCUT2D eigenvalue weighted by Crippen LogP contribution is -2.48. The Bertz CT molecular complexity index is 1140. The zero-order chi connectivity index (χ0) is 20.5. The standard InChI is InChI=1S/C23H23N5O2/c1-16-6-8-17(9-7-16)22-25-21(30-26-22)15-27-10-12-28(13-11-27)23(29)20-14-18-4-2-3-5-19(18)24-20/h2-9,14,24H,10-13,15H2,1H3. The molecule has 1 amide bonds. The monoisotopic (exact) mass is 401 g/mol. The molecule has 1 aliphatic rings. The van der Waals surface area contributed by atoms with E-state index in [1.807, 2.05) is 66.4 Å². The van der Waals surface area contributed by atoms with Crippen LogP contribution in [0.25, 0.3) is 22.3 Å². The first kappa shape index (κ1) is 18.6. The number of H-pyrrole nitrogens is 1. The number of rotatable bonds is 4. The Hall–Kier alpha value is -3.45. The van der Waals surface area contributed by atoms with Gasteiger partial charge in [-0.2, -0.15) is 4.98 Å². The Morgan fingerprint density at radius 1 is 1.07 bits per heavy atom. The van der Waals surface area contributed by atoms with Gasteiger partial charge in [0.1, 0.15) is 5.69 Å². The molecule has 0 saturated carbocycles. The summed E-state index contributed by atoms with van der Waals surface area (Å²) in [5, 5.41) is 5.16. The molecule has 2 aromatic heterocycles. The molecule has 0 spiro atoms. The maximum absolute atomic E-state index is 12.9. The summed E-state index contributed by atoms with van der Waals surface area (Å²) in [4.78, 5) is 24.7. The highest BCUT2D eigenvalue weighted by molar-refractivity contribution is 5.98. The highest BCUT2D eigenvalue weighted by Gasteiger charge is 2.24. The zero-order valence-corrected chi connectivity index (χ0v) is 16.8. The first-order chi connectivity index (χ1) is 14.7. The molecule has 30 heavy (non-hydrogen) atoms. The van der Waals surface area contributed by atoms with E-state index in [2.05, 4.69) is 20.0 Å². The maximum Gasteiger partial charge on any atom is 0.270 e. The molecular weight excluding hydrogens is 378 g/mol. The lowest BCUT2D eigenvalue weighted by Gasteiger charge is -2.33. The molecule has 0 radical (unpaired) electrons. The molecule has 0 atom stereocenters. The van der Waals surface area contributed by atoms with Crippen LogP contribution < -0.4 is 0 Å². The predicted octanol–water partition coefficient (Wildman–Crippen LogP) is 3.48. The van der Waals surface area contributed by atoms with Crippen LogP contribution in [0.1, 0.15) is 21.9 Å². The van der Waals surface area contributed by atoms with Crippen molar-refractivity contribution in [3.05, 3.63) is 71.7 Å². The average molecular weight is 401 g/mol. The summed E-state index contributed by atoms with van der Waals surface area (Å²) in [7, 11) is 0. The second kappa shape index (κ2) is 7.76. The first-order valence-corrected chi connectivity index (χ1v) is 10.1. The van der Waals surface area contributed by atoms with Crippen molar-refractivity contribution >= 4 is 16.8 Å². The van der Waals surface area contributed by atoms with E-state index in [4.69, 9.17) is 4.52 Å². The van der Waals surface area contributed by atoms with Crippen molar-refractivity contribution in [3.8, 4) is 11.4 Å². The molecule has 0 unspecified atom stereocenters. The van der Waals surface area contributed by atoms with Gasteiger partial charge >= 0.3 is 0 Å². The van der Waals surface area contributed by atoms with Crippen LogP contribution in [0.4, 0.5) is 0 Å². The minimum absolute atomic E-state index is 0.0466.